The van der Waals surface area contributed by atoms with E-state index in [0.29, 0.717) is 35.1 Å². The van der Waals surface area contributed by atoms with Crippen molar-refractivity contribution in [1.82, 2.24) is 19.7 Å². The van der Waals surface area contributed by atoms with Gasteiger partial charge in [0.15, 0.2) is 5.82 Å². The van der Waals surface area contributed by atoms with Gasteiger partial charge in [0, 0.05) is 17.3 Å². The van der Waals surface area contributed by atoms with E-state index in [1.54, 1.807) is 17.3 Å². The molecule has 3 heterocycles. The number of anilines is 2. The van der Waals surface area contributed by atoms with Gasteiger partial charge >= 0.3 is 0 Å². The third kappa shape index (κ3) is 2.53. The van der Waals surface area contributed by atoms with Crippen molar-refractivity contribution in [3.05, 3.63) is 53.9 Å². The maximum absolute atomic E-state index is 12.7. The number of carbonyl (C=O) groups excluding carboxylic acids is 1. The summed E-state index contributed by atoms with van der Waals surface area (Å²) in [6.45, 7) is 4.60. The van der Waals surface area contributed by atoms with Crippen molar-refractivity contribution in [3.8, 4) is 11.5 Å². The SMILES string of the molecule is CC(C)n1cnnc1-c1cccc(N2Cc3ccc(N)cc3C2=O)n1. The fraction of sp³-hybridized carbons (Fsp3) is 0.222. The Labute approximate surface area is 145 Å². The van der Waals surface area contributed by atoms with Gasteiger partial charge in [-0.3, -0.25) is 9.69 Å². The van der Waals surface area contributed by atoms with Gasteiger partial charge in [0.2, 0.25) is 0 Å². The molecule has 4 rings (SSSR count). The number of carbonyl (C=O) groups is 1. The highest BCUT2D eigenvalue weighted by molar-refractivity contribution is 6.10. The van der Waals surface area contributed by atoms with Crippen LogP contribution in [0.15, 0.2) is 42.7 Å². The van der Waals surface area contributed by atoms with E-state index in [1.165, 1.54) is 0 Å². The second-order valence-corrected chi connectivity index (χ2v) is 6.34. The average Bonchev–Trinajstić information content (AvgIpc) is 3.21. The molecule has 7 heteroatoms. The Morgan fingerprint density at radius 2 is 2.04 bits per heavy atom. The van der Waals surface area contributed by atoms with E-state index >= 15 is 0 Å². The van der Waals surface area contributed by atoms with E-state index in [-0.39, 0.29) is 11.9 Å². The number of hydrogen-bond donors (Lipinski definition) is 1. The molecule has 2 aromatic heterocycles. The lowest BCUT2D eigenvalue weighted by Crippen LogP contribution is -2.24. The van der Waals surface area contributed by atoms with Crippen LogP contribution < -0.4 is 10.6 Å². The van der Waals surface area contributed by atoms with Gasteiger partial charge in [-0.25, -0.2) is 4.98 Å². The lowest BCUT2D eigenvalue weighted by Gasteiger charge is -2.16. The van der Waals surface area contributed by atoms with Crippen molar-refractivity contribution in [2.45, 2.75) is 26.4 Å². The number of aromatic nitrogens is 4. The molecule has 0 unspecified atom stereocenters. The fourth-order valence-corrected chi connectivity index (χ4v) is 3.01. The molecule has 0 bridgehead atoms. The van der Waals surface area contributed by atoms with Gasteiger partial charge in [0.05, 0.1) is 6.54 Å². The summed E-state index contributed by atoms with van der Waals surface area (Å²) in [7, 11) is 0. The highest BCUT2D eigenvalue weighted by Gasteiger charge is 2.29. The third-order valence-corrected chi connectivity index (χ3v) is 4.31. The van der Waals surface area contributed by atoms with Crippen molar-refractivity contribution < 1.29 is 4.79 Å². The Kier molecular flexibility index (Phi) is 3.49. The number of amides is 1. The minimum absolute atomic E-state index is 0.0859. The topological polar surface area (TPSA) is 89.9 Å². The van der Waals surface area contributed by atoms with Gasteiger partial charge in [-0.05, 0) is 43.7 Å². The molecule has 1 aromatic carbocycles. The molecule has 126 valence electrons. The molecular formula is C18H18N6O. The molecular weight excluding hydrogens is 316 g/mol. The molecule has 3 aromatic rings. The zero-order chi connectivity index (χ0) is 17.6. The highest BCUT2D eigenvalue weighted by Crippen LogP contribution is 2.29. The minimum Gasteiger partial charge on any atom is -0.399 e. The van der Waals surface area contributed by atoms with E-state index in [2.05, 4.69) is 29.0 Å². The molecule has 0 saturated heterocycles. The van der Waals surface area contributed by atoms with E-state index in [1.807, 2.05) is 34.9 Å². The predicted octanol–water partition coefficient (Wildman–Crippen LogP) is 2.66. The normalized spacial score (nSPS) is 13.6. The standard InChI is InChI=1S/C18H18N6O/c1-11(2)24-10-20-22-17(24)15-4-3-5-16(21-15)23-9-12-6-7-13(19)8-14(12)18(23)25/h3-8,10-11H,9,19H2,1-2H3. The van der Waals surface area contributed by atoms with Crippen molar-refractivity contribution in [2.24, 2.45) is 0 Å². The lowest BCUT2D eigenvalue weighted by molar-refractivity contribution is 0.0996. The average molecular weight is 334 g/mol. The van der Waals surface area contributed by atoms with E-state index < -0.39 is 0 Å². The van der Waals surface area contributed by atoms with Crippen LogP contribution in [0.5, 0.6) is 0 Å². The molecule has 1 aliphatic rings. The van der Waals surface area contributed by atoms with Gasteiger partial charge in [-0.1, -0.05) is 12.1 Å². The maximum atomic E-state index is 12.7. The summed E-state index contributed by atoms with van der Waals surface area (Å²) in [5, 5.41) is 8.16. The van der Waals surface area contributed by atoms with Crippen LogP contribution in [-0.2, 0) is 6.54 Å². The molecule has 0 spiro atoms. The summed E-state index contributed by atoms with van der Waals surface area (Å²) in [4.78, 5) is 19.0. The van der Waals surface area contributed by atoms with Crippen LogP contribution >= 0.6 is 0 Å². The summed E-state index contributed by atoms with van der Waals surface area (Å²) in [6, 6.07) is 11.2. The summed E-state index contributed by atoms with van der Waals surface area (Å²) in [6.07, 6.45) is 1.69. The van der Waals surface area contributed by atoms with Crippen LogP contribution in [0, 0.1) is 0 Å². The minimum atomic E-state index is -0.0859. The number of nitrogen functional groups attached to an aromatic ring is 1. The predicted molar refractivity (Wildman–Crippen MR) is 95.0 cm³/mol. The summed E-state index contributed by atoms with van der Waals surface area (Å²) in [5.41, 5.74) is 8.67. The molecule has 0 fully saturated rings. The van der Waals surface area contributed by atoms with Gasteiger partial charge in [-0.2, -0.15) is 0 Å². The molecule has 0 atom stereocenters. The Morgan fingerprint density at radius 3 is 2.84 bits per heavy atom. The Bertz CT molecular complexity index is 962. The first kappa shape index (κ1) is 15.3. The molecule has 1 amide bonds. The van der Waals surface area contributed by atoms with Crippen LogP contribution in [-0.4, -0.2) is 25.7 Å². The van der Waals surface area contributed by atoms with E-state index in [4.69, 9.17) is 5.73 Å². The molecule has 25 heavy (non-hydrogen) atoms. The quantitative estimate of drug-likeness (QED) is 0.744. The molecule has 0 aliphatic carbocycles. The highest BCUT2D eigenvalue weighted by atomic mass is 16.2. The van der Waals surface area contributed by atoms with Gasteiger partial charge < -0.3 is 10.3 Å². The van der Waals surface area contributed by atoms with Crippen molar-refractivity contribution in [2.75, 3.05) is 10.6 Å². The maximum Gasteiger partial charge on any atom is 0.260 e. The van der Waals surface area contributed by atoms with Gasteiger partial charge in [0.25, 0.3) is 5.91 Å². The lowest BCUT2D eigenvalue weighted by atomic mass is 10.1. The Balaban J connectivity index is 1.72. The second kappa shape index (κ2) is 5.70. The Morgan fingerprint density at radius 1 is 1.20 bits per heavy atom. The number of nitrogens with two attached hydrogens (primary N) is 1. The Hall–Kier alpha value is -3.22. The molecule has 0 radical (unpaired) electrons. The number of pyridine rings is 1. The molecule has 0 saturated carbocycles. The van der Waals surface area contributed by atoms with Crippen molar-refractivity contribution in [3.63, 3.8) is 0 Å². The monoisotopic (exact) mass is 334 g/mol. The van der Waals surface area contributed by atoms with Crippen LogP contribution in [0.4, 0.5) is 11.5 Å². The number of hydrogen-bond acceptors (Lipinski definition) is 5. The number of benzene rings is 1. The van der Waals surface area contributed by atoms with Gasteiger partial charge in [-0.15, -0.1) is 10.2 Å². The fourth-order valence-electron chi connectivity index (χ4n) is 3.01. The van der Waals surface area contributed by atoms with Crippen LogP contribution in [0.25, 0.3) is 11.5 Å². The van der Waals surface area contributed by atoms with E-state index in [9.17, 15) is 4.79 Å². The third-order valence-electron chi connectivity index (χ3n) is 4.31. The smallest absolute Gasteiger partial charge is 0.260 e. The molecule has 7 nitrogen and oxygen atoms in total. The molecule has 1 aliphatic heterocycles. The largest absolute Gasteiger partial charge is 0.399 e. The zero-order valence-electron chi connectivity index (χ0n) is 14.0. The number of rotatable bonds is 3. The summed E-state index contributed by atoms with van der Waals surface area (Å²) >= 11 is 0. The second-order valence-electron chi connectivity index (χ2n) is 6.34. The van der Waals surface area contributed by atoms with Gasteiger partial charge in [0.1, 0.15) is 17.8 Å². The van der Waals surface area contributed by atoms with Crippen LogP contribution in [0.3, 0.4) is 0 Å². The summed E-state index contributed by atoms with van der Waals surface area (Å²) in [5.74, 6) is 1.19. The zero-order valence-corrected chi connectivity index (χ0v) is 14.0. The first-order valence-electron chi connectivity index (χ1n) is 8.12. The van der Waals surface area contributed by atoms with Crippen LogP contribution in [0.2, 0.25) is 0 Å². The van der Waals surface area contributed by atoms with Crippen LogP contribution in [0.1, 0.15) is 35.8 Å². The van der Waals surface area contributed by atoms with E-state index in [0.717, 1.165) is 5.56 Å². The number of fused-ring (bicyclic) bond motifs is 1. The molecule has 2 N–H and O–H groups in total. The van der Waals surface area contributed by atoms with Crippen molar-refractivity contribution in [1.29, 1.82) is 0 Å². The first-order valence-corrected chi connectivity index (χ1v) is 8.12. The summed E-state index contributed by atoms with van der Waals surface area (Å²) < 4.78 is 1.95. The number of nitrogens with zero attached hydrogens (tertiary/aromatic N) is 5. The van der Waals surface area contributed by atoms with Crippen molar-refractivity contribution >= 4 is 17.4 Å². The first-order chi connectivity index (χ1) is 12.0.